The van der Waals surface area contributed by atoms with Gasteiger partial charge in [0.05, 0.1) is 22.6 Å². The topological polar surface area (TPSA) is 76.4 Å². The van der Waals surface area contributed by atoms with Gasteiger partial charge in [0, 0.05) is 31.3 Å². The van der Waals surface area contributed by atoms with E-state index < -0.39 is 10.7 Å². The summed E-state index contributed by atoms with van der Waals surface area (Å²) in [6, 6.07) is 2.33. The number of morpholine rings is 1. The molecule has 8 heteroatoms. The molecule has 0 radical (unpaired) electrons. The summed E-state index contributed by atoms with van der Waals surface area (Å²) in [6.45, 7) is 2.36. The number of benzene rings is 1. The quantitative estimate of drug-likeness (QED) is 0.650. The average molecular weight is 334 g/mol. The Morgan fingerprint density at radius 1 is 1.63 bits per heavy atom. The molecule has 1 fully saturated rings. The van der Waals surface area contributed by atoms with Gasteiger partial charge in [-0.2, -0.15) is 0 Å². The minimum absolute atomic E-state index is 0.0556. The van der Waals surface area contributed by atoms with Crippen molar-refractivity contribution in [1.82, 2.24) is 5.32 Å². The molecule has 1 heterocycles. The Hall–Kier alpha value is -1.25. The fraction of sp³-hybridized carbons (Fsp3) is 0.455. The van der Waals surface area contributed by atoms with Crippen molar-refractivity contribution in [3.63, 3.8) is 0 Å². The molecule has 1 saturated heterocycles. The first-order chi connectivity index (χ1) is 9.08. The zero-order chi connectivity index (χ0) is 13.8. The Labute approximate surface area is 117 Å². The van der Waals surface area contributed by atoms with Crippen LogP contribution in [0.25, 0.3) is 0 Å². The van der Waals surface area contributed by atoms with Crippen LogP contribution < -0.4 is 10.6 Å². The average Bonchev–Trinajstić information content (AvgIpc) is 2.40. The van der Waals surface area contributed by atoms with Gasteiger partial charge < -0.3 is 15.4 Å². The lowest BCUT2D eigenvalue weighted by Crippen LogP contribution is -2.45. The first-order valence-corrected chi connectivity index (χ1v) is 6.55. The number of halogens is 2. The van der Waals surface area contributed by atoms with E-state index in [9.17, 15) is 14.5 Å². The Kier molecular flexibility index (Phi) is 4.67. The Bertz CT molecular complexity index is 480. The summed E-state index contributed by atoms with van der Waals surface area (Å²) in [5.41, 5.74) is 0.00285. The third kappa shape index (κ3) is 3.62. The molecule has 0 aliphatic carbocycles. The second-order valence-corrected chi connectivity index (χ2v) is 5.00. The van der Waals surface area contributed by atoms with Crippen LogP contribution in [-0.2, 0) is 4.74 Å². The maximum absolute atomic E-state index is 13.4. The van der Waals surface area contributed by atoms with Crippen molar-refractivity contribution in [2.75, 3.05) is 31.6 Å². The van der Waals surface area contributed by atoms with Crippen molar-refractivity contribution in [2.45, 2.75) is 6.04 Å². The molecule has 1 aromatic rings. The van der Waals surface area contributed by atoms with Crippen molar-refractivity contribution in [3.8, 4) is 0 Å². The molecule has 6 nitrogen and oxygen atoms in total. The van der Waals surface area contributed by atoms with Gasteiger partial charge in [-0.1, -0.05) is 0 Å². The highest BCUT2D eigenvalue weighted by atomic mass is 79.9. The van der Waals surface area contributed by atoms with Crippen LogP contribution in [0.3, 0.4) is 0 Å². The van der Waals surface area contributed by atoms with Crippen molar-refractivity contribution in [1.29, 1.82) is 0 Å². The normalized spacial score (nSPS) is 19.2. The van der Waals surface area contributed by atoms with Gasteiger partial charge in [-0.3, -0.25) is 10.1 Å². The number of hydrogen-bond acceptors (Lipinski definition) is 5. The summed E-state index contributed by atoms with van der Waals surface area (Å²) >= 11 is 2.94. The monoisotopic (exact) mass is 333 g/mol. The SMILES string of the molecule is O=[N+]([O-])c1cc(Br)c(F)cc1NCC1COCCN1. The van der Waals surface area contributed by atoms with Crippen molar-refractivity contribution in [2.24, 2.45) is 0 Å². The predicted molar refractivity (Wildman–Crippen MR) is 71.9 cm³/mol. The van der Waals surface area contributed by atoms with Crippen LogP contribution in [0.1, 0.15) is 0 Å². The molecule has 1 unspecified atom stereocenters. The number of nitrogens with one attached hydrogen (secondary N) is 2. The van der Waals surface area contributed by atoms with Crippen LogP contribution in [-0.4, -0.2) is 37.3 Å². The largest absolute Gasteiger partial charge is 0.378 e. The molecule has 1 aliphatic heterocycles. The second kappa shape index (κ2) is 6.27. The van der Waals surface area contributed by atoms with Crippen LogP contribution in [0, 0.1) is 15.9 Å². The first-order valence-electron chi connectivity index (χ1n) is 5.76. The van der Waals surface area contributed by atoms with E-state index in [0.717, 1.165) is 18.7 Å². The van der Waals surface area contributed by atoms with Gasteiger partial charge in [-0.25, -0.2) is 4.39 Å². The maximum Gasteiger partial charge on any atom is 0.293 e. The zero-order valence-corrected chi connectivity index (χ0v) is 11.6. The first kappa shape index (κ1) is 14.2. The fourth-order valence-electron chi connectivity index (χ4n) is 1.81. The number of nitro benzene ring substituents is 1. The second-order valence-electron chi connectivity index (χ2n) is 4.15. The number of nitro groups is 1. The molecule has 0 amide bonds. The van der Waals surface area contributed by atoms with E-state index in [-0.39, 0.29) is 21.9 Å². The molecule has 0 spiro atoms. The summed E-state index contributed by atoms with van der Waals surface area (Å²) in [6.07, 6.45) is 0. The lowest BCUT2D eigenvalue weighted by atomic mass is 10.2. The summed E-state index contributed by atoms with van der Waals surface area (Å²) in [5, 5.41) is 17.0. The van der Waals surface area contributed by atoms with E-state index in [2.05, 4.69) is 26.6 Å². The lowest BCUT2D eigenvalue weighted by Gasteiger charge is -2.24. The molecule has 0 aromatic heterocycles. The van der Waals surface area contributed by atoms with Crippen molar-refractivity contribution in [3.05, 3.63) is 32.5 Å². The van der Waals surface area contributed by atoms with Gasteiger partial charge >= 0.3 is 0 Å². The third-order valence-corrected chi connectivity index (χ3v) is 3.38. The minimum atomic E-state index is -0.544. The van der Waals surface area contributed by atoms with Crippen LogP contribution in [0.4, 0.5) is 15.8 Å². The minimum Gasteiger partial charge on any atom is -0.378 e. The standard InChI is InChI=1S/C11H13BrFN3O3/c12-8-3-11(16(17)18)10(4-9(8)13)15-5-7-6-19-2-1-14-7/h3-4,7,14-15H,1-2,5-6H2. The van der Waals surface area contributed by atoms with Gasteiger partial charge in [0.2, 0.25) is 0 Å². The zero-order valence-electron chi connectivity index (χ0n) is 9.99. The number of nitrogens with zero attached hydrogens (tertiary/aromatic N) is 1. The Balaban J connectivity index is 2.09. The van der Waals surface area contributed by atoms with Crippen LogP contribution in [0.5, 0.6) is 0 Å². The molecule has 2 rings (SSSR count). The third-order valence-electron chi connectivity index (χ3n) is 2.77. The Morgan fingerprint density at radius 2 is 2.42 bits per heavy atom. The summed E-state index contributed by atoms with van der Waals surface area (Å²) in [4.78, 5) is 10.4. The van der Waals surface area contributed by atoms with Gasteiger partial charge in [0.15, 0.2) is 0 Å². The maximum atomic E-state index is 13.4. The van der Waals surface area contributed by atoms with E-state index in [1.807, 2.05) is 0 Å². The van der Waals surface area contributed by atoms with Crippen molar-refractivity contribution >= 4 is 27.3 Å². The molecule has 0 bridgehead atoms. The van der Waals surface area contributed by atoms with E-state index in [0.29, 0.717) is 19.8 Å². The Morgan fingerprint density at radius 3 is 3.05 bits per heavy atom. The number of hydrogen-bond donors (Lipinski definition) is 2. The number of anilines is 1. The molecule has 2 N–H and O–H groups in total. The summed E-state index contributed by atoms with van der Waals surface area (Å²) in [5.74, 6) is -0.541. The molecular formula is C11H13BrFN3O3. The summed E-state index contributed by atoms with van der Waals surface area (Å²) < 4.78 is 18.8. The number of rotatable bonds is 4. The van der Waals surface area contributed by atoms with E-state index in [4.69, 9.17) is 4.74 Å². The van der Waals surface area contributed by atoms with Gasteiger partial charge in [0.1, 0.15) is 11.5 Å². The van der Waals surface area contributed by atoms with Gasteiger partial charge in [0.25, 0.3) is 5.69 Å². The molecule has 0 saturated carbocycles. The van der Waals surface area contributed by atoms with Gasteiger partial charge in [-0.15, -0.1) is 0 Å². The molecule has 104 valence electrons. The highest BCUT2D eigenvalue weighted by Crippen LogP contribution is 2.30. The van der Waals surface area contributed by atoms with Crippen molar-refractivity contribution < 1.29 is 14.1 Å². The predicted octanol–water partition coefficient (Wildman–Crippen LogP) is 1.90. The van der Waals surface area contributed by atoms with Crippen LogP contribution >= 0.6 is 15.9 Å². The smallest absolute Gasteiger partial charge is 0.293 e. The fourth-order valence-corrected chi connectivity index (χ4v) is 2.14. The van der Waals surface area contributed by atoms with Crippen LogP contribution in [0.2, 0.25) is 0 Å². The lowest BCUT2D eigenvalue weighted by molar-refractivity contribution is -0.384. The molecular weight excluding hydrogens is 321 g/mol. The summed E-state index contributed by atoms with van der Waals surface area (Å²) in [7, 11) is 0. The van der Waals surface area contributed by atoms with Crippen LogP contribution in [0.15, 0.2) is 16.6 Å². The van der Waals surface area contributed by atoms with E-state index in [1.54, 1.807) is 0 Å². The number of ether oxygens (including phenoxy) is 1. The van der Waals surface area contributed by atoms with E-state index >= 15 is 0 Å². The molecule has 1 aliphatic rings. The highest BCUT2D eigenvalue weighted by Gasteiger charge is 2.19. The molecule has 1 atom stereocenters. The molecule has 19 heavy (non-hydrogen) atoms. The van der Waals surface area contributed by atoms with Gasteiger partial charge in [-0.05, 0) is 15.9 Å². The van der Waals surface area contributed by atoms with E-state index in [1.165, 1.54) is 0 Å². The molecule has 1 aromatic carbocycles. The highest BCUT2D eigenvalue weighted by molar-refractivity contribution is 9.10.